The lowest BCUT2D eigenvalue weighted by molar-refractivity contribution is 0.536. The molecule has 3 aromatic carbocycles. The minimum absolute atomic E-state index is 0.0106. The minimum Gasteiger partial charge on any atom is -0.422 e. The van der Waals surface area contributed by atoms with Crippen LogP contribution in [0.4, 0.5) is 15.8 Å². The van der Waals surface area contributed by atoms with Crippen LogP contribution < -0.4 is 22.7 Å². The summed E-state index contributed by atoms with van der Waals surface area (Å²) in [6, 6.07) is 19.1. The van der Waals surface area contributed by atoms with Gasteiger partial charge in [0.05, 0.1) is 28.4 Å². The fourth-order valence-corrected chi connectivity index (χ4v) is 4.09. The molecule has 4 N–H and O–H groups in total. The largest absolute Gasteiger partial charge is 0.422 e. The van der Waals surface area contributed by atoms with E-state index in [2.05, 4.69) is 0 Å². The fraction of sp³-hybridized carbons (Fsp3) is 0.0400. The van der Waals surface area contributed by atoms with Gasteiger partial charge in [-0.3, -0.25) is 0 Å². The first-order valence-electron chi connectivity index (χ1n) is 9.83. The fourth-order valence-electron chi connectivity index (χ4n) is 4.09. The maximum atomic E-state index is 14.2. The van der Waals surface area contributed by atoms with Crippen molar-refractivity contribution in [2.24, 2.45) is 0 Å². The highest BCUT2D eigenvalue weighted by atomic mass is 19.1. The second-order valence-electron chi connectivity index (χ2n) is 7.41. The smallest absolute Gasteiger partial charge is 0.342 e. The van der Waals surface area contributed by atoms with E-state index in [0.29, 0.717) is 27.5 Å². The van der Waals surface area contributed by atoms with Gasteiger partial charge in [0.1, 0.15) is 17.0 Å². The lowest BCUT2D eigenvalue weighted by Gasteiger charge is -2.21. The van der Waals surface area contributed by atoms with Crippen LogP contribution >= 0.6 is 0 Å². The molecule has 32 heavy (non-hydrogen) atoms. The summed E-state index contributed by atoms with van der Waals surface area (Å²) in [5.74, 6) is -1.65. The molecule has 0 spiro atoms. The van der Waals surface area contributed by atoms with Gasteiger partial charge in [0.25, 0.3) is 0 Å². The minimum atomic E-state index is -1.10. The molecule has 0 bridgehead atoms. The van der Waals surface area contributed by atoms with Gasteiger partial charge in [0, 0.05) is 10.8 Å². The van der Waals surface area contributed by atoms with Crippen LogP contribution in [0.15, 0.2) is 91.2 Å². The maximum absolute atomic E-state index is 14.2. The van der Waals surface area contributed by atoms with E-state index in [1.165, 1.54) is 18.2 Å². The number of anilines is 2. The van der Waals surface area contributed by atoms with Gasteiger partial charge in [-0.25, -0.2) is 14.0 Å². The lowest BCUT2D eigenvalue weighted by Crippen LogP contribution is -2.24. The molecule has 6 nitrogen and oxygen atoms in total. The van der Waals surface area contributed by atoms with Gasteiger partial charge in [0.2, 0.25) is 0 Å². The van der Waals surface area contributed by atoms with E-state index in [1.807, 2.05) is 0 Å². The Morgan fingerprint density at radius 1 is 0.688 bits per heavy atom. The molecule has 0 amide bonds. The van der Waals surface area contributed by atoms with E-state index in [1.54, 1.807) is 54.6 Å². The van der Waals surface area contributed by atoms with Crippen molar-refractivity contribution in [3.63, 3.8) is 0 Å². The summed E-state index contributed by atoms with van der Waals surface area (Å²) in [4.78, 5) is 26.2. The first-order chi connectivity index (χ1) is 15.5. The summed E-state index contributed by atoms with van der Waals surface area (Å²) < 4.78 is 25.2. The molecule has 0 atom stereocenters. The number of para-hydroxylation sites is 2. The number of hydrogen-bond donors (Lipinski definition) is 2. The first-order valence-corrected chi connectivity index (χ1v) is 9.83. The molecule has 5 rings (SSSR count). The van der Waals surface area contributed by atoms with Gasteiger partial charge in [-0.1, -0.05) is 36.4 Å². The molecule has 0 fully saturated rings. The second-order valence-corrected chi connectivity index (χ2v) is 7.41. The molecule has 0 saturated carbocycles. The predicted octanol–water partition coefficient (Wildman–Crippen LogP) is 4.38. The van der Waals surface area contributed by atoms with Crippen LogP contribution in [-0.4, -0.2) is 0 Å². The molecule has 0 saturated heterocycles. The first kappa shape index (κ1) is 19.6. The number of halogens is 1. The average molecular weight is 428 g/mol. The molecule has 2 heterocycles. The monoisotopic (exact) mass is 428 g/mol. The molecule has 0 radical (unpaired) electrons. The van der Waals surface area contributed by atoms with Crippen LogP contribution in [0.5, 0.6) is 0 Å². The summed E-state index contributed by atoms with van der Waals surface area (Å²) in [6.07, 6.45) is 0. The van der Waals surface area contributed by atoms with Gasteiger partial charge in [-0.05, 0) is 42.0 Å². The zero-order valence-electron chi connectivity index (χ0n) is 16.7. The molecule has 7 heteroatoms. The highest BCUT2D eigenvalue weighted by molar-refractivity contribution is 5.93. The highest BCUT2D eigenvalue weighted by Crippen LogP contribution is 2.38. The van der Waals surface area contributed by atoms with Crippen molar-refractivity contribution < 1.29 is 13.2 Å². The molecule has 5 aromatic rings. The zero-order chi connectivity index (χ0) is 22.4. The molecule has 0 aliphatic carbocycles. The van der Waals surface area contributed by atoms with Crippen LogP contribution in [0.25, 0.3) is 21.9 Å². The third-order valence-electron chi connectivity index (χ3n) is 5.54. The van der Waals surface area contributed by atoms with E-state index >= 15 is 0 Å². The number of fused-ring (bicyclic) bond motifs is 2. The summed E-state index contributed by atoms with van der Waals surface area (Å²) in [5, 5.41) is 0.986. The molecule has 0 unspecified atom stereocenters. The van der Waals surface area contributed by atoms with Gasteiger partial charge in [-0.15, -0.1) is 0 Å². The molecule has 0 aliphatic rings. The molecular weight excluding hydrogens is 411 g/mol. The average Bonchev–Trinajstić information content (AvgIpc) is 2.78. The van der Waals surface area contributed by atoms with Crippen molar-refractivity contribution in [1.82, 2.24) is 0 Å². The van der Waals surface area contributed by atoms with Crippen molar-refractivity contribution in [2.75, 3.05) is 11.5 Å². The van der Waals surface area contributed by atoms with Crippen molar-refractivity contribution in [3.05, 3.63) is 116 Å². The van der Waals surface area contributed by atoms with Crippen molar-refractivity contribution in [3.8, 4) is 0 Å². The van der Waals surface area contributed by atoms with Crippen molar-refractivity contribution in [1.29, 1.82) is 0 Å². The van der Waals surface area contributed by atoms with Crippen LogP contribution in [0, 0.1) is 5.82 Å². The topological polar surface area (TPSA) is 112 Å². The molecule has 2 aromatic heterocycles. The van der Waals surface area contributed by atoms with E-state index < -0.39 is 23.0 Å². The summed E-state index contributed by atoms with van der Waals surface area (Å²) in [7, 11) is 0. The molecule has 158 valence electrons. The Hall–Kier alpha value is -4.39. The van der Waals surface area contributed by atoms with Crippen LogP contribution in [0.1, 0.15) is 22.6 Å². The van der Waals surface area contributed by atoms with Crippen LogP contribution in [0.2, 0.25) is 0 Å². The number of nitrogen functional groups attached to an aromatic ring is 2. The molecular formula is C25H17FN2O4. The Morgan fingerprint density at radius 3 is 1.69 bits per heavy atom. The standard InChI is InChI=1S/C25H17FN2O4/c26-14-7-5-6-13(12-14)19(20-22(27)15-8-1-3-10-17(15)31-24(20)29)21-23(28)16-9-2-4-11-18(16)32-25(21)30/h1-12,19H,27-28H2. The maximum Gasteiger partial charge on any atom is 0.342 e. The van der Waals surface area contributed by atoms with Gasteiger partial charge < -0.3 is 20.3 Å². The number of nitrogens with two attached hydrogens (primary N) is 2. The Balaban J connectivity index is 1.92. The van der Waals surface area contributed by atoms with E-state index in [9.17, 15) is 14.0 Å². The third-order valence-corrected chi connectivity index (χ3v) is 5.54. The highest BCUT2D eigenvalue weighted by Gasteiger charge is 2.31. The van der Waals surface area contributed by atoms with Gasteiger partial charge in [-0.2, -0.15) is 0 Å². The van der Waals surface area contributed by atoms with Crippen LogP contribution in [-0.2, 0) is 0 Å². The Labute approximate surface area is 180 Å². The van der Waals surface area contributed by atoms with E-state index in [4.69, 9.17) is 20.3 Å². The predicted molar refractivity (Wildman–Crippen MR) is 121 cm³/mol. The summed E-state index contributed by atoms with van der Waals surface area (Å²) >= 11 is 0. The lowest BCUT2D eigenvalue weighted by atomic mass is 9.84. The third kappa shape index (κ3) is 3.02. The van der Waals surface area contributed by atoms with Crippen molar-refractivity contribution >= 4 is 33.3 Å². The molecule has 0 aliphatic heterocycles. The summed E-state index contributed by atoms with van der Waals surface area (Å²) in [5.41, 5.74) is 12.5. The van der Waals surface area contributed by atoms with Gasteiger partial charge >= 0.3 is 11.3 Å². The Kier molecular flexibility index (Phi) is 4.52. The number of rotatable bonds is 3. The zero-order valence-corrected chi connectivity index (χ0v) is 16.7. The Bertz CT molecular complexity index is 1520. The summed E-state index contributed by atoms with van der Waals surface area (Å²) in [6.45, 7) is 0. The Morgan fingerprint density at radius 2 is 1.19 bits per heavy atom. The number of benzene rings is 3. The van der Waals surface area contributed by atoms with E-state index in [0.717, 1.165) is 0 Å². The van der Waals surface area contributed by atoms with Crippen LogP contribution in [0.3, 0.4) is 0 Å². The van der Waals surface area contributed by atoms with Gasteiger partial charge in [0.15, 0.2) is 0 Å². The van der Waals surface area contributed by atoms with Crippen molar-refractivity contribution in [2.45, 2.75) is 5.92 Å². The normalized spacial score (nSPS) is 11.4. The SMILES string of the molecule is Nc1c(C(c2cccc(F)c2)c2c(N)c3ccccc3oc2=O)c(=O)oc2ccccc12. The van der Waals surface area contributed by atoms with E-state index in [-0.39, 0.29) is 22.5 Å². The second kappa shape index (κ2) is 7.39. The number of hydrogen-bond acceptors (Lipinski definition) is 6. The quantitative estimate of drug-likeness (QED) is 0.412.